The summed E-state index contributed by atoms with van der Waals surface area (Å²) in [6, 6.07) is 1.89. The summed E-state index contributed by atoms with van der Waals surface area (Å²) in [6.45, 7) is 7.23. The Labute approximate surface area is 102 Å². The summed E-state index contributed by atoms with van der Waals surface area (Å²) in [5, 5.41) is 9.00. The third-order valence-corrected chi connectivity index (χ3v) is 2.34. The van der Waals surface area contributed by atoms with Gasteiger partial charge in [-0.1, -0.05) is 13.8 Å². The number of nitriles is 1. The minimum atomic E-state index is -0.966. The maximum Gasteiger partial charge on any atom is 0.323 e. The second-order valence-corrected chi connectivity index (χ2v) is 4.28. The molecule has 96 valence electrons. The summed E-state index contributed by atoms with van der Waals surface area (Å²) in [4.78, 5) is 22.9. The molecule has 0 saturated carbocycles. The number of hydrogen-bond donors (Lipinski definition) is 0. The van der Waals surface area contributed by atoms with Crippen LogP contribution in [0.5, 0.6) is 0 Å². The second kappa shape index (κ2) is 6.89. The van der Waals surface area contributed by atoms with Crippen molar-refractivity contribution in [3.63, 3.8) is 0 Å². The highest BCUT2D eigenvalue weighted by Crippen LogP contribution is 2.31. The Morgan fingerprint density at radius 1 is 1.24 bits per heavy atom. The molecular formula is C12H19NO4. The first kappa shape index (κ1) is 15.4. The SMILES string of the molecule is CCOC(=O)CC(C)(C)C(C#N)C(=O)OCC. The molecule has 0 aliphatic carbocycles. The van der Waals surface area contributed by atoms with E-state index >= 15 is 0 Å². The molecule has 0 aromatic heterocycles. The first-order valence-corrected chi connectivity index (χ1v) is 5.60. The van der Waals surface area contributed by atoms with E-state index in [9.17, 15) is 9.59 Å². The van der Waals surface area contributed by atoms with Crippen molar-refractivity contribution in [1.82, 2.24) is 0 Å². The van der Waals surface area contributed by atoms with Gasteiger partial charge < -0.3 is 9.47 Å². The Balaban J connectivity index is 4.70. The van der Waals surface area contributed by atoms with Crippen molar-refractivity contribution in [2.24, 2.45) is 11.3 Å². The third kappa shape index (κ3) is 4.85. The van der Waals surface area contributed by atoms with E-state index in [1.54, 1.807) is 27.7 Å². The van der Waals surface area contributed by atoms with Crippen LogP contribution in [0.2, 0.25) is 0 Å². The molecule has 1 unspecified atom stereocenters. The van der Waals surface area contributed by atoms with Crippen LogP contribution in [0.1, 0.15) is 34.1 Å². The summed E-state index contributed by atoms with van der Waals surface area (Å²) in [7, 11) is 0. The van der Waals surface area contributed by atoms with Gasteiger partial charge in [0.2, 0.25) is 0 Å². The molecule has 5 nitrogen and oxygen atoms in total. The fraction of sp³-hybridized carbons (Fsp3) is 0.750. The highest BCUT2D eigenvalue weighted by Gasteiger charge is 2.38. The van der Waals surface area contributed by atoms with Crippen molar-refractivity contribution >= 4 is 11.9 Å². The minimum Gasteiger partial charge on any atom is -0.466 e. The van der Waals surface area contributed by atoms with Gasteiger partial charge in [-0.2, -0.15) is 5.26 Å². The van der Waals surface area contributed by atoms with Gasteiger partial charge >= 0.3 is 11.9 Å². The van der Waals surface area contributed by atoms with Gasteiger partial charge in [0.1, 0.15) is 5.92 Å². The molecule has 0 aromatic carbocycles. The van der Waals surface area contributed by atoms with Gasteiger partial charge in [-0.3, -0.25) is 9.59 Å². The topological polar surface area (TPSA) is 76.4 Å². The standard InChI is InChI=1S/C12H19NO4/c1-5-16-10(14)7-12(3,4)9(8-13)11(15)17-6-2/h9H,5-7H2,1-4H3. The molecule has 0 heterocycles. The van der Waals surface area contributed by atoms with E-state index in [0.29, 0.717) is 0 Å². The van der Waals surface area contributed by atoms with E-state index in [-0.39, 0.29) is 19.6 Å². The van der Waals surface area contributed by atoms with Gasteiger partial charge in [-0.05, 0) is 13.8 Å². The lowest BCUT2D eigenvalue weighted by molar-refractivity contribution is -0.152. The first-order valence-electron chi connectivity index (χ1n) is 5.60. The molecule has 0 saturated heterocycles. The Morgan fingerprint density at radius 2 is 1.76 bits per heavy atom. The number of hydrogen-bond acceptors (Lipinski definition) is 5. The molecule has 0 amide bonds. The van der Waals surface area contributed by atoms with Crippen LogP contribution in [0, 0.1) is 22.7 Å². The van der Waals surface area contributed by atoms with E-state index in [2.05, 4.69) is 0 Å². The van der Waals surface area contributed by atoms with Gasteiger partial charge in [0.25, 0.3) is 0 Å². The van der Waals surface area contributed by atoms with Gasteiger partial charge in [-0.25, -0.2) is 0 Å². The van der Waals surface area contributed by atoms with E-state index in [4.69, 9.17) is 14.7 Å². The summed E-state index contributed by atoms with van der Waals surface area (Å²) >= 11 is 0. The lowest BCUT2D eigenvalue weighted by Gasteiger charge is -2.26. The fourth-order valence-corrected chi connectivity index (χ4v) is 1.46. The summed E-state index contributed by atoms with van der Waals surface area (Å²) < 4.78 is 9.62. The first-order chi connectivity index (χ1) is 7.88. The van der Waals surface area contributed by atoms with Crippen molar-refractivity contribution in [2.45, 2.75) is 34.1 Å². The van der Waals surface area contributed by atoms with Crippen LogP contribution in [0.3, 0.4) is 0 Å². The number of nitrogens with zero attached hydrogens (tertiary/aromatic N) is 1. The van der Waals surface area contributed by atoms with Crippen molar-refractivity contribution in [3.8, 4) is 6.07 Å². The van der Waals surface area contributed by atoms with E-state index < -0.39 is 23.3 Å². The van der Waals surface area contributed by atoms with Crippen molar-refractivity contribution in [3.05, 3.63) is 0 Å². The molecule has 5 heteroatoms. The maximum absolute atomic E-state index is 11.6. The van der Waals surface area contributed by atoms with Gasteiger partial charge in [-0.15, -0.1) is 0 Å². The molecule has 1 atom stereocenters. The molecule has 0 N–H and O–H groups in total. The quantitative estimate of drug-likeness (QED) is 0.661. The van der Waals surface area contributed by atoms with Crippen LogP contribution < -0.4 is 0 Å². The maximum atomic E-state index is 11.6. The molecule has 17 heavy (non-hydrogen) atoms. The summed E-state index contributed by atoms with van der Waals surface area (Å²) in [5.41, 5.74) is -0.798. The number of carbonyl (C=O) groups excluding carboxylic acids is 2. The van der Waals surface area contributed by atoms with Crippen LogP contribution in [0.15, 0.2) is 0 Å². The predicted octanol–water partition coefficient (Wildman–Crippen LogP) is 1.67. The number of carbonyl (C=O) groups is 2. The monoisotopic (exact) mass is 241 g/mol. The van der Waals surface area contributed by atoms with E-state index in [0.717, 1.165) is 0 Å². The molecule has 0 fully saturated rings. The highest BCUT2D eigenvalue weighted by molar-refractivity contribution is 5.78. The van der Waals surface area contributed by atoms with Crippen LogP contribution in [-0.4, -0.2) is 25.2 Å². The van der Waals surface area contributed by atoms with Crippen LogP contribution in [0.4, 0.5) is 0 Å². The largest absolute Gasteiger partial charge is 0.466 e. The number of esters is 2. The van der Waals surface area contributed by atoms with Crippen molar-refractivity contribution < 1.29 is 19.1 Å². The molecule has 0 bridgehead atoms. The third-order valence-electron chi connectivity index (χ3n) is 2.34. The van der Waals surface area contributed by atoms with Crippen molar-refractivity contribution in [1.29, 1.82) is 5.26 Å². The van der Waals surface area contributed by atoms with Crippen LogP contribution in [-0.2, 0) is 19.1 Å². The lowest BCUT2D eigenvalue weighted by atomic mass is 9.77. The molecule has 0 spiro atoms. The van der Waals surface area contributed by atoms with E-state index in [1.165, 1.54) is 0 Å². The smallest absolute Gasteiger partial charge is 0.323 e. The Morgan fingerprint density at radius 3 is 2.18 bits per heavy atom. The molecule has 0 rings (SSSR count). The molecular weight excluding hydrogens is 222 g/mol. The zero-order valence-corrected chi connectivity index (χ0v) is 10.8. The fourth-order valence-electron chi connectivity index (χ4n) is 1.46. The Bertz CT molecular complexity index is 317. The zero-order chi connectivity index (χ0) is 13.5. The number of rotatable bonds is 6. The minimum absolute atomic E-state index is 0.0118. The molecule has 0 aliphatic rings. The molecule has 0 aliphatic heterocycles. The van der Waals surface area contributed by atoms with Crippen molar-refractivity contribution in [2.75, 3.05) is 13.2 Å². The second-order valence-electron chi connectivity index (χ2n) is 4.28. The number of ether oxygens (including phenoxy) is 2. The Hall–Kier alpha value is -1.57. The van der Waals surface area contributed by atoms with Gasteiger partial charge in [0.15, 0.2) is 0 Å². The lowest BCUT2D eigenvalue weighted by Crippen LogP contribution is -2.33. The predicted molar refractivity (Wildman–Crippen MR) is 60.8 cm³/mol. The van der Waals surface area contributed by atoms with Gasteiger partial charge in [0.05, 0.1) is 25.7 Å². The zero-order valence-electron chi connectivity index (χ0n) is 10.8. The molecule has 0 radical (unpaired) electrons. The van der Waals surface area contributed by atoms with Crippen LogP contribution >= 0.6 is 0 Å². The summed E-state index contributed by atoms with van der Waals surface area (Å²) in [6.07, 6.45) is 0.0118. The summed E-state index contributed by atoms with van der Waals surface area (Å²) in [5.74, 6) is -1.97. The average Bonchev–Trinajstić information content (AvgIpc) is 2.17. The Kier molecular flexibility index (Phi) is 6.26. The van der Waals surface area contributed by atoms with E-state index in [1.807, 2.05) is 6.07 Å². The normalized spacial score (nSPS) is 12.4. The molecule has 0 aromatic rings. The average molecular weight is 241 g/mol. The highest BCUT2D eigenvalue weighted by atomic mass is 16.5. The van der Waals surface area contributed by atoms with Gasteiger partial charge in [0, 0.05) is 5.41 Å². The van der Waals surface area contributed by atoms with Crippen LogP contribution in [0.25, 0.3) is 0 Å².